The second-order valence-electron chi connectivity index (χ2n) is 6.48. The van der Waals surface area contributed by atoms with Crippen molar-refractivity contribution >= 4 is 11.8 Å². The molecule has 2 fully saturated rings. The van der Waals surface area contributed by atoms with Gasteiger partial charge in [0.2, 0.25) is 0 Å². The molecule has 0 radical (unpaired) electrons. The lowest BCUT2D eigenvalue weighted by Crippen LogP contribution is -2.55. The van der Waals surface area contributed by atoms with Crippen molar-refractivity contribution in [2.24, 2.45) is 0 Å². The molecule has 0 saturated carbocycles. The first-order valence-corrected chi connectivity index (χ1v) is 8.33. The van der Waals surface area contributed by atoms with Crippen LogP contribution in [0, 0.1) is 0 Å². The zero-order valence-electron chi connectivity index (χ0n) is 12.8. The molecule has 5 heteroatoms. The van der Waals surface area contributed by atoms with Gasteiger partial charge in [-0.1, -0.05) is 18.2 Å². The lowest BCUT2D eigenvalue weighted by molar-refractivity contribution is -0.0194. The van der Waals surface area contributed by atoms with E-state index < -0.39 is 5.60 Å². The van der Waals surface area contributed by atoms with Crippen LogP contribution >= 0.6 is 0 Å². The molecular weight excluding hydrogens is 278 g/mol. The van der Waals surface area contributed by atoms with Crippen LogP contribution < -0.4 is 15.5 Å². The molecule has 2 N–H and O–H groups in total. The summed E-state index contributed by atoms with van der Waals surface area (Å²) in [7, 11) is 0. The molecule has 4 rings (SSSR count). The smallest absolute Gasteiger partial charge is 0.415 e. The van der Waals surface area contributed by atoms with E-state index in [9.17, 15) is 4.79 Å². The van der Waals surface area contributed by atoms with Crippen LogP contribution in [0.2, 0.25) is 0 Å². The first-order valence-electron chi connectivity index (χ1n) is 8.33. The molecule has 1 aromatic rings. The minimum absolute atomic E-state index is 0.160. The van der Waals surface area contributed by atoms with E-state index in [-0.39, 0.29) is 12.1 Å². The number of para-hydroxylation sites is 1. The molecule has 1 amide bonds. The van der Waals surface area contributed by atoms with Crippen molar-refractivity contribution in [3.8, 4) is 0 Å². The number of carbonyl (C=O) groups is 1. The Hall–Kier alpha value is -1.59. The highest BCUT2D eigenvalue weighted by Crippen LogP contribution is 2.45. The second kappa shape index (κ2) is 5.56. The van der Waals surface area contributed by atoms with Crippen LogP contribution in [0.1, 0.15) is 31.2 Å². The van der Waals surface area contributed by atoms with Crippen LogP contribution in [0.25, 0.3) is 0 Å². The Labute approximate surface area is 131 Å². The van der Waals surface area contributed by atoms with Gasteiger partial charge in [-0.3, -0.25) is 4.90 Å². The Bertz CT molecular complexity index is 563. The Balaban J connectivity index is 1.75. The summed E-state index contributed by atoms with van der Waals surface area (Å²) in [6, 6.07) is 8.56. The van der Waals surface area contributed by atoms with E-state index in [1.165, 1.54) is 5.56 Å². The number of nitrogens with zero attached hydrogens (tertiary/aromatic N) is 1. The van der Waals surface area contributed by atoms with Gasteiger partial charge < -0.3 is 15.4 Å². The second-order valence-corrected chi connectivity index (χ2v) is 6.48. The largest absolute Gasteiger partial charge is 0.437 e. The lowest BCUT2D eigenvalue weighted by Gasteiger charge is -2.47. The molecule has 118 valence electrons. The molecule has 0 aliphatic carbocycles. The topological polar surface area (TPSA) is 53.6 Å². The predicted molar refractivity (Wildman–Crippen MR) is 85.1 cm³/mol. The summed E-state index contributed by atoms with van der Waals surface area (Å²) in [6.07, 6.45) is 3.52. The third kappa shape index (κ3) is 2.20. The third-order valence-electron chi connectivity index (χ3n) is 5.22. The molecule has 1 spiro atoms. The fraction of sp³-hybridized carbons (Fsp3) is 0.588. The van der Waals surface area contributed by atoms with E-state index in [1.807, 2.05) is 11.0 Å². The molecule has 0 aromatic heterocycles. The predicted octanol–water partition coefficient (Wildman–Crippen LogP) is 1.97. The van der Waals surface area contributed by atoms with Crippen LogP contribution in [0.4, 0.5) is 10.5 Å². The molecule has 1 aromatic carbocycles. The van der Waals surface area contributed by atoms with Crippen molar-refractivity contribution in [3.05, 3.63) is 29.8 Å². The summed E-state index contributed by atoms with van der Waals surface area (Å²) >= 11 is 0. The minimum atomic E-state index is -0.428. The highest BCUT2D eigenvalue weighted by atomic mass is 16.6. The summed E-state index contributed by atoms with van der Waals surface area (Å²) in [5.74, 6) is 0. The fourth-order valence-corrected chi connectivity index (χ4v) is 4.05. The van der Waals surface area contributed by atoms with Gasteiger partial charge in [-0.15, -0.1) is 0 Å². The molecule has 2 saturated heterocycles. The Kier molecular flexibility index (Phi) is 3.54. The molecule has 3 aliphatic heterocycles. The molecule has 0 atom stereocenters. The fourth-order valence-electron chi connectivity index (χ4n) is 4.05. The van der Waals surface area contributed by atoms with Gasteiger partial charge in [0.05, 0.1) is 5.69 Å². The normalized spacial score (nSPS) is 24.9. The molecule has 0 bridgehead atoms. The average molecular weight is 301 g/mol. The van der Waals surface area contributed by atoms with Crippen LogP contribution in [0.3, 0.4) is 0 Å². The van der Waals surface area contributed by atoms with Gasteiger partial charge in [0.15, 0.2) is 0 Å². The first-order chi connectivity index (χ1) is 10.8. The van der Waals surface area contributed by atoms with E-state index in [2.05, 4.69) is 28.8 Å². The van der Waals surface area contributed by atoms with Crippen molar-refractivity contribution < 1.29 is 9.53 Å². The van der Waals surface area contributed by atoms with Crippen LogP contribution in [0.15, 0.2) is 24.3 Å². The highest BCUT2D eigenvalue weighted by Gasteiger charge is 2.47. The quantitative estimate of drug-likeness (QED) is 0.833. The molecule has 3 aliphatic rings. The summed E-state index contributed by atoms with van der Waals surface area (Å²) in [6.45, 7) is 3.72. The molecule has 5 nitrogen and oxygen atoms in total. The molecule has 3 heterocycles. The number of carbonyl (C=O) groups excluding carboxylic acids is 1. The van der Waals surface area contributed by atoms with E-state index in [0.717, 1.165) is 57.5 Å². The van der Waals surface area contributed by atoms with Gasteiger partial charge in [0.1, 0.15) is 5.60 Å². The monoisotopic (exact) mass is 301 g/mol. The van der Waals surface area contributed by atoms with Gasteiger partial charge in [-0.05, 0) is 45.1 Å². The average Bonchev–Trinajstić information content (AvgIpc) is 2.57. The van der Waals surface area contributed by atoms with Crippen molar-refractivity contribution in [2.75, 3.05) is 31.1 Å². The molecule has 0 unspecified atom stereocenters. The van der Waals surface area contributed by atoms with Crippen molar-refractivity contribution in [2.45, 2.75) is 37.3 Å². The maximum Gasteiger partial charge on any atom is 0.415 e. The maximum atomic E-state index is 12.8. The number of anilines is 1. The summed E-state index contributed by atoms with van der Waals surface area (Å²) < 4.78 is 6.03. The number of hydrogen-bond acceptors (Lipinski definition) is 4. The summed E-state index contributed by atoms with van der Waals surface area (Å²) in [5.41, 5.74) is 1.82. The number of nitrogens with one attached hydrogen (secondary N) is 2. The van der Waals surface area contributed by atoms with E-state index in [4.69, 9.17) is 4.74 Å². The SMILES string of the molecule is O=C1OC2(CCNCC2)c2ccccc2N1C1CCNCC1. The summed E-state index contributed by atoms with van der Waals surface area (Å²) in [5, 5.41) is 6.73. The first kappa shape index (κ1) is 14.0. The van der Waals surface area contributed by atoms with Crippen molar-refractivity contribution in [1.29, 1.82) is 0 Å². The third-order valence-corrected chi connectivity index (χ3v) is 5.22. The lowest BCUT2D eigenvalue weighted by atomic mass is 9.82. The van der Waals surface area contributed by atoms with E-state index in [0.29, 0.717) is 0 Å². The summed E-state index contributed by atoms with van der Waals surface area (Å²) in [4.78, 5) is 14.7. The number of rotatable bonds is 1. The van der Waals surface area contributed by atoms with Crippen LogP contribution in [-0.4, -0.2) is 38.3 Å². The zero-order chi connectivity index (χ0) is 15.0. The zero-order valence-corrected chi connectivity index (χ0v) is 12.8. The maximum absolute atomic E-state index is 12.8. The van der Waals surface area contributed by atoms with Gasteiger partial charge in [-0.2, -0.15) is 0 Å². The van der Waals surface area contributed by atoms with Crippen LogP contribution in [-0.2, 0) is 10.3 Å². The Morgan fingerprint density at radius 2 is 1.73 bits per heavy atom. The van der Waals surface area contributed by atoms with Crippen molar-refractivity contribution in [1.82, 2.24) is 10.6 Å². The van der Waals surface area contributed by atoms with E-state index >= 15 is 0 Å². The number of amides is 1. The highest BCUT2D eigenvalue weighted by molar-refractivity contribution is 5.92. The Morgan fingerprint density at radius 3 is 2.50 bits per heavy atom. The Morgan fingerprint density at radius 1 is 1.05 bits per heavy atom. The number of ether oxygens (including phenoxy) is 1. The molecular formula is C17H23N3O2. The van der Waals surface area contributed by atoms with Crippen LogP contribution in [0.5, 0.6) is 0 Å². The number of fused-ring (bicyclic) bond motifs is 2. The van der Waals surface area contributed by atoms with Crippen molar-refractivity contribution in [3.63, 3.8) is 0 Å². The number of hydrogen-bond donors (Lipinski definition) is 2. The van der Waals surface area contributed by atoms with Gasteiger partial charge in [-0.25, -0.2) is 4.79 Å². The molecule has 22 heavy (non-hydrogen) atoms. The number of benzene rings is 1. The minimum Gasteiger partial charge on any atom is -0.437 e. The van der Waals surface area contributed by atoms with E-state index in [1.54, 1.807) is 0 Å². The van der Waals surface area contributed by atoms with Gasteiger partial charge >= 0.3 is 6.09 Å². The number of piperidine rings is 2. The van der Waals surface area contributed by atoms with Gasteiger partial charge in [0, 0.05) is 24.4 Å². The standard InChI is InChI=1S/C17H23N3O2/c21-16-20(13-5-9-18-10-6-13)15-4-2-1-3-14(15)17(22-16)7-11-19-12-8-17/h1-4,13,18-19H,5-12H2. The van der Waals surface area contributed by atoms with Gasteiger partial charge in [0.25, 0.3) is 0 Å².